The van der Waals surface area contributed by atoms with Crippen LogP contribution in [0.4, 0.5) is 5.69 Å². The van der Waals surface area contributed by atoms with E-state index < -0.39 is 10.9 Å². The van der Waals surface area contributed by atoms with Gasteiger partial charge in [0.2, 0.25) is 5.91 Å². The summed E-state index contributed by atoms with van der Waals surface area (Å²) < 4.78 is 4.56. The summed E-state index contributed by atoms with van der Waals surface area (Å²) in [7, 11) is 1.22. The quantitative estimate of drug-likeness (QED) is 0.479. The minimum atomic E-state index is -0.573. The van der Waals surface area contributed by atoms with E-state index in [1.807, 2.05) is 0 Å². The van der Waals surface area contributed by atoms with Crippen molar-refractivity contribution in [2.75, 3.05) is 20.2 Å². The number of esters is 1. The summed E-state index contributed by atoms with van der Waals surface area (Å²) in [6, 6.07) is 2.82. The summed E-state index contributed by atoms with van der Waals surface area (Å²) in [4.78, 5) is 34.8. The van der Waals surface area contributed by atoms with E-state index in [0.717, 1.165) is 0 Å². The van der Waals surface area contributed by atoms with Gasteiger partial charge in [-0.25, -0.2) is 0 Å². The van der Waals surface area contributed by atoms with E-state index in [1.165, 1.54) is 20.1 Å². The maximum atomic E-state index is 11.4. The molecule has 7 nitrogen and oxygen atoms in total. The van der Waals surface area contributed by atoms with Crippen molar-refractivity contribution in [3.05, 3.63) is 38.4 Å². The van der Waals surface area contributed by atoms with Crippen molar-refractivity contribution in [3.63, 3.8) is 0 Å². The molecule has 0 aromatic heterocycles. The number of methoxy groups -OCH3 is 1. The molecule has 2 rings (SSSR count). The van der Waals surface area contributed by atoms with Crippen LogP contribution in [0.2, 0.25) is 5.02 Å². The molecule has 0 atom stereocenters. The molecule has 0 radical (unpaired) electrons. The standard InChI is InChI=1S/C14H15ClN2O5/c1-8(18)16-6-10(7-16)11-3-9(4-14(19)22-2)13(17(20)21)5-12(11)15/h3,5,10H,4,6-7H2,1-2H3. The minimum absolute atomic E-state index is 0.0219. The van der Waals surface area contributed by atoms with Gasteiger partial charge in [0.25, 0.3) is 5.69 Å². The van der Waals surface area contributed by atoms with Crippen molar-refractivity contribution in [3.8, 4) is 0 Å². The molecule has 8 heteroatoms. The average Bonchev–Trinajstić information content (AvgIpc) is 2.39. The Morgan fingerprint density at radius 3 is 2.59 bits per heavy atom. The number of likely N-dealkylation sites (tertiary alicyclic amines) is 1. The number of carbonyl (C=O) groups is 2. The first-order chi connectivity index (χ1) is 10.3. The van der Waals surface area contributed by atoms with Gasteiger partial charge < -0.3 is 9.64 Å². The fraction of sp³-hybridized carbons (Fsp3) is 0.429. The number of hydrogen-bond acceptors (Lipinski definition) is 5. The highest BCUT2D eigenvalue weighted by Crippen LogP contribution is 2.36. The molecule has 0 aliphatic carbocycles. The molecule has 1 fully saturated rings. The zero-order chi connectivity index (χ0) is 16.4. The molecular weight excluding hydrogens is 312 g/mol. The van der Waals surface area contributed by atoms with Crippen molar-refractivity contribution < 1.29 is 19.2 Å². The van der Waals surface area contributed by atoms with Crippen molar-refractivity contribution in [2.45, 2.75) is 19.3 Å². The second kappa shape index (κ2) is 6.31. The maximum absolute atomic E-state index is 11.4. The molecule has 1 saturated heterocycles. The van der Waals surface area contributed by atoms with Crippen LogP contribution in [0.25, 0.3) is 0 Å². The summed E-state index contributed by atoms with van der Waals surface area (Å²) in [5.74, 6) is -0.562. The van der Waals surface area contributed by atoms with Crippen molar-refractivity contribution in [1.82, 2.24) is 4.90 Å². The largest absolute Gasteiger partial charge is 0.469 e. The topological polar surface area (TPSA) is 89.8 Å². The predicted octanol–water partition coefficient (Wildman–Crippen LogP) is 1.91. The second-order valence-electron chi connectivity index (χ2n) is 5.13. The molecule has 1 aliphatic rings. The zero-order valence-corrected chi connectivity index (χ0v) is 12.9. The lowest BCUT2D eigenvalue weighted by Crippen LogP contribution is -2.47. The van der Waals surface area contributed by atoms with Gasteiger partial charge in [0, 0.05) is 37.6 Å². The number of benzene rings is 1. The molecule has 22 heavy (non-hydrogen) atoms. The Morgan fingerprint density at radius 1 is 1.45 bits per heavy atom. The third-order valence-electron chi connectivity index (χ3n) is 3.72. The number of halogens is 1. The molecule has 118 valence electrons. The third-order valence-corrected chi connectivity index (χ3v) is 4.05. The van der Waals surface area contributed by atoms with Crippen LogP contribution in [-0.4, -0.2) is 41.9 Å². The Labute approximate surface area is 131 Å². The van der Waals surface area contributed by atoms with Crippen molar-refractivity contribution in [2.24, 2.45) is 0 Å². The molecule has 1 aromatic rings. The SMILES string of the molecule is COC(=O)Cc1cc(C2CN(C(C)=O)C2)c(Cl)cc1[N+](=O)[O-]. The molecule has 1 aromatic carbocycles. The van der Waals surface area contributed by atoms with E-state index in [1.54, 1.807) is 11.0 Å². The van der Waals surface area contributed by atoms with Gasteiger partial charge in [0.15, 0.2) is 0 Å². The highest BCUT2D eigenvalue weighted by atomic mass is 35.5. The number of rotatable bonds is 4. The fourth-order valence-corrected chi connectivity index (χ4v) is 2.72. The van der Waals surface area contributed by atoms with Gasteiger partial charge in [-0.3, -0.25) is 19.7 Å². The molecule has 0 N–H and O–H groups in total. The summed E-state index contributed by atoms with van der Waals surface area (Å²) in [5.41, 5.74) is 0.767. The van der Waals surface area contributed by atoms with Crippen molar-refractivity contribution in [1.29, 1.82) is 0 Å². The molecule has 1 heterocycles. The number of amides is 1. The van der Waals surface area contributed by atoms with Gasteiger partial charge in [-0.1, -0.05) is 11.6 Å². The molecule has 1 aliphatic heterocycles. The van der Waals surface area contributed by atoms with E-state index in [0.29, 0.717) is 18.7 Å². The highest BCUT2D eigenvalue weighted by molar-refractivity contribution is 6.31. The minimum Gasteiger partial charge on any atom is -0.469 e. The van der Waals surface area contributed by atoms with Crippen LogP contribution in [0.15, 0.2) is 12.1 Å². The van der Waals surface area contributed by atoms with Gasteiger partial charge in [-0.15, -0.1) is 0 Å². The first kappa shape index (κ1) is 16.2. The van der Waals surface area contributed by atoms with Crippen LogP contribution in [0.1, 0.15) is 24.0 Å². The monoisotopic (exact) mass is 326 g/mol. The second-order valence-corrected chi connectivity index (χ2v) is 5.54. The molecule has 0 unspecified atom stereocenters. The summed E-state index contributed by atoms with van der Waals surface area (Å²) in [6.45, 7) is 2.52. The Bertz CT molecular complexity index is 640. The zero-order valence-electron chi connectivity index (χ0n) is 12.2. The van der Waals surface area contributed by atoms with Gasteiger partial charge in [0.1, 0.15) is 0 Å². The van der Waals surface area contributed by atoms with Crippen LogP contribution in [-0.2, 0) is 20.7 Å². The van der Waals surface area contributed by atoms with Crippen LogP contribution >= 0.6 is 11.6 Å². The average molecular weight is 327 g/mol. The Balaban J connectivity index is 2.32. The summed E-state index contributed by atoms with van der Waals surface area (Å²) >= 11 is 6.13. The molecular formula is C14H15ClN2O5. The number of hydrogen-bond donors (Lipinski definition) is 0. The Kier molecular flexibility index (Phi) is 4.65. The van der Waals surface area contributed by atoms with Crippen LogP contribution in [0.5, 0.6) is 0 Å². The maximum Gasteiger partial charge on any atom is 0.310 e. The van der Waals surface area contributed by atoms with Gasteiger partial charge in [-0.2, -0.15) is 0 Å². The molecule has 0 bridgehead atoms. The van der Waals surface area contributed by atoms with E-state index in [-0.39, 0.29) is 34.5 Å². The lowest BCUT2D eigenvalue weighted by Gasteiger charge is -2.39. The van der Waals surface area contributed by atoms with E-state index in [4.69, 9.17) is 11.6 Å². The number of ether oxygens (including phenoxy) is 1. The third kappa shape index (κ3) is 3.19. The van der Waals surface area contributed by atoms with E-state index in [2.05, 4.69) is 4.74 Å². The first-order valence-corrected chi connectivity index (χ1v) is 7.00. The Hall–Kier alpha value is -2.15. The number of nitro benzene ring substituents is 1. The van der Waals surface area contributed by atoms with Gasteiger partial charge in [0.05, 0.1) is 23.5 Å². The lowest BCUT2D eigenvalue weighted by molar-refractivity contribution is -0.385. The highest BCUT2D eigenvalue weighted by Gasteiger charge is 2.33. The smallest absolute Gasteiger partial charge is 0.310 e. The van der Waals surface area contributed by atoms with Crippen LogP contribution in [0, 0.1) is 10.1 Å². The van der Waals surface area contributed by atoms with E-state index >= 15 is 0 Å². The normalized spacial score (nSPS) is 14.4. The lowest BCUT2D eigenvalue weighted by atomic mass is 9.89. The van der Waals surface area contributed by atoms with Crippen molar-refractivity contribution >= 4 is 29.2 Å². The fourth-order valence-electron chi connectivity index (χ4n) is 2.41. The van der Waals surface area contributed by atoms with Gasteiger partial charge >= 0.3 is 5.97 Å². The summed E-state index contributed by atoms with van der Waals surface area (Å²) in [6.07, 6.45) is -0.194. The number of nitro groups is 1. The molecule has 1 amide bonds. The first-order valence-electron chi connectivity index (χ1n) is 6.62. The van der Waals surface area contributed by atoms with E-state index in [9.17, 15) is 19.7 Å². The number of carbonyl (C=O) groups excluding carboxylic acids is 2. The predicted molar refractivity (Wildman–Crippen MR) is 78.8 cm³/mol. The number of nitrogens with zero attached hydrogens (tertiary/aromatic N) is 2. The van der Waals surface area contributed by atoms with Gasteiger partial charge in [-0.05, 0) is 11.6 Å². The van der Waals surface area contributed by atoms with Crippen LogP contribution in [0.3, 0.4) is 0 Å². The summed E-state index contributed by atoms with van der Waals surface area (Å²) in [5, 5.41) is 11.4. The Morgan fingerprint density at radius 2 is 2.09 bits per heavy atom. The van der Waals surface area contributed by atoms with Crippen LogP contribution < -0.4 is 0 Å². The molecule has 0 spiro atoms. The molecule has 0 saturated carbocycles.